The van der Waals surface area contributed by atoms with Crippen molar-refractivity contribution in [1.82, 2.24) is 5.32 Å². The van der Waals surface area contributed by atoms with Crippen LogP contribution in [0.15, 0.2) is 18.2 Å². The Hall–Kier alpha value is -1.07. The molecule has 0 aliphatic carbocycles. The molecule has 17 heavy (non-hydrogen) atoms. The van der Waals surface area contributed by atoms with Gasteiger partial charge in [0.15, 0.2) is 11.5 Å². The van der Waals surface area contributed by atoms with Gasteiger partial charge in [-0.05, 0) is 17.7 Å². The van der Waals surface area contributed by atoms with E-state index in [0.29, 0.717) is 30.3 Å². The number of benzene rings is 1. The van der Waals surface area contributed by atoms with E-state index in [0.717, 1.165) is 5.56 Å². The number of rotatable bonds is 7. The molecule has 1 aromatic carbocycles. The zero-order chi connectivity index (χ0) is 12.7. The van der Waals surface area contributed by atoms with Crippen LogP contribution >= 0.6 is 0 Å². The molecule has 4 nitrogen and oxygen atoms in total. The molecule has 0 fully saturated rings. The second-order valence-corrected chi connectivity index (χ2v) is 5.48. The third-order valence-corrected chi connectivity index (χ3v) is 3.70. The van der Waals surface area contributed by atoms with Crippen molar-refractivity contribution in [2.45, 2.75) is 13.5 Å². The van der Waals surface area contributed by atoms with Gasteiger partial charge >= 0.3 is 0 Å². The van der Waals surface area contributed by atoms with E-state index in [1.165, 1.54) is 7.11 Å². The maximum absolute atomic E-state index is 11.2. The minimum atomic E-state index is -0.726. The Labute approximate surface area is 104 Å². The third-order valence-electron chi connectivity index (χ3n) is 2.40. The van der Waals surface area contributed by atoms with E-state index in [1.54, 1.807) is 12.1 Å². The van der Waals surface area contributed by atoms with Crippen LogP contribution in [0.4, 0.5) is 0 Å². The first-order valence-electron chi connectivity index (χ1n) is 5.59. The predicted molar refractivity (Wildman–Crippen MR) is 69.9 cm³/mol. The number of hydrogen-bond acceptors (Lipinski definition) is 4. The Bertz CT molecular complexity index is 382. The van der Waals surface area contributed by atoms with Gasteiger partial charge in [-0.2, -0.15) is 0 Å². The Balaban J connectivity index is 2.37. The molecule has 1 rings (SSSR count). The molecule has 0 radical (unpaired) electrons. The zero-order valence-electron chi connectivity index (χ0n) is 10.2. The standard InChI is InChI=1S/C12H19NO3S/c1-3-17(15)7-6-13-9-10-4-5-12(16-2)11(14)8-10/h4-5,8,13-14H,3,6-7,9H2,1-2H3. The molecule has 0 spiro atoms. The zero-order valence-corrected chi connectivity index (χ0v) is 11.0. The van der Waals surface area contributed by atoms with Crippen LogP contribution in [-0.2, 0) is 17.3 Å². The summed E-state index contributed by atoms with van der Waals surface area (Å²) < 4.78 is 16.1. The molecule has 0 heterocycles. The van der Waals surface area contributed by atoms with Crippen LogP contribution in [0.25, 0.3) is 0 Å². The average molecular weight is 257 g/mol. The summed E-state index contributed by atoms with van der Waals surface area (Å²) in [6.07, 6.45) is 0. The summed E-state index contributed by atoms with van der Waals surface area (Å²) in [6.45, 7) is 3.28. The van der Waals surface area contributed by atoms with Crippen molar-refractivity contribution in [2.24, 2.45) is 0 Å². The van der Waals surface area contributed by atoms with Gasteiger partial charge in [-0.3, -0.25) is 4.21 Å². The van der Waals surface area contributed by atoms with Gasteiger partial charge in [0.25, 0.3) is 0 Å². The average Bonchev–Trinajstić information content (AvgIpc) is 2.34. The minimum Gasteiger partial charge on any atom is -0.504 e. The van der Waals surface area contributed by atoms with Crippen LogP contribution in [0.2, 0.25) is 0 Å². The van der Waals surface area contributed by atoms with Crippen LogP contribution in [0.1, 0.15) is 12.5 Å². The van der Waals surface area contributed by atoms with Gasteiger partial charge in [-0.1, -0.05) is 13.0 Å². The van der Waals surface area contributed by atoms with Gasteiger partial charge in [0.2, 0.25) is 0 Å². The van der Waals surface area contributed by atoms with Crippen LogP contribution < -0.4 is 10.1 Å². The fraction of sp³-hybridized carbons (Fsp3) is 0.500. The van der Waals surface area contributed by atoms with Crippen molar-refractivity contribution < 1.29 is 14.1 Å². The molecule has 0 bridgehead atoms. The first kappa shape index (κ1) is 14.0. The highest BCUT2D eigenvalue weighted by Gasteiger charge is 2.02. The van der Waals surface area contributed by atoms with Gasteiger partial charge < -0.3 is 15.2 Å². The van der Waals surface area contributed by atoms with Crippen LogP contribution in [0, 0.1) is 0 Å². The van der Waals surface area contributed by atoms with Gasteiger partial charge in [0.1, 0.15) is 0 Å². The number of hydrogen-bond donors (Lipinski definition) is 2. The van der Waals surface area contributed by atoms with E-state index in [-0.39, 0.29) is 5.75 Å². The van der Waals surface area contributed by atoms with Crippen molar-refractivity contribution in [1.29, 1.82) is 0 Å². The van der Waals surface area contributed by atoms with Crippen LogP contribution in [-0.4, -0.2) is 34.5 Å². The number of nitrogens with one attached hydrogen (secondary N) is 1. The molecule has 0 saturated heterocycles. The number of phenolic OH excluding ortho intramolecular Hbond substituents is 1. The highest BCUT2D eigenvalue weighted by Crippen LogP contribution is 2.25. The summed E-state index contributed by atoms with van der Waals surface area (Å²) in [5, 5.41) is 12.8. The minimum absolute atomic E-state index is 0.143. The number of methoxy groups -OCH3 is 1. The van der Waals surface area contributed by atoms with Crippen molar-refractivity contribution in [3.05, 3.63) is 23.8 Å². The molecular weight excluding hydrogens is 238 g/mol. The van der Waals surface area contributed by atoms with Crippen molar-refractivity contribution in [3.63, 3.8) is 0 Å². The monoisotopic (exact) mass is 257 g/mol. The Morgan fingerprint density at radius 1 is 1.47 bits per heavy atom. The number of phenols is 1. The molecule has 0 aliphatic heterocycles. The highest BCUT2D eigenvalue weighted by molar-refractivity contribution is 7.84. The highest BCUT2D eigenvalue weighted by atomic mass is 32.2. The molecule has 0 aromatic heterocycles. The SMILES string of the molecule is CCS(=O)CCNCc1ccc(OC)c(O)c1. The first-order valence-corrected chi connectivity index (χ1v) is 7.07. The molecule has 0 aliphatic rings. The van der Waals surface area contributed by atoms with Crippen molar-refractivity contribution in [3.8, 4) is 11.5 Å². The molecule has 5 heteroatoms. The van der Waals surface area contributed by atoms with E-state index in [9.17, 15) is 9.32 Å². The summed E-state index contributed by atoms with van der Waals surface area (Å²) in [4.78, 5) is 0. The van der Waals surface area contributed by atoms with Crippen LogP contribution in [0.3, 0.4) is 0 Å². The summed E-state index contributed by atoms with van der Waals surface area (Å²) >= 11 is 0. The molecule has 0 amide bonds. The molecule has 96 valence electrons. The summed E-state index contributed by atoms with van der Waals surface area (Å²) in [5.74, 6) is 1.98. The summed E-state index contributed by atoms with van der Waals surface area (Å²) in [7, 11) is 0.795. The molecule has 1 atom stereocenters. The normalized spacial score (nSPS) is 12.4. The molecule has 1 aromatic rings. The first-order chi connectivity index (χ1) is 8.17. The summed E-state index contributed by atoms with van der Waals surface area (Å²) in [6, 6.07) is 5.29. The van der Waals surface area contributed by atoms with Gasteiger partial charge in [0, 0.05) is 35.4 Å². The van der Waals surface area contributed by atoms with Crippen LogP contribution in [0.5, 0.6) is 11.5 Å². The van der Waals surface area contributed by atoms with Crippen molar-refractivity contribution in [2.75, 3.05) is 25.2 Å². The fourth-order valence-electron chi connectivity index (χ4n) is 1.41. The largest absolute Gasteiger partial charge is 0.504 e. The molecular formula is C12H19NO3S. The Morgan fingerprint density at radius 3 is 2.82 bits per heavy atom. The molecule has 0 saturated carbocycles. The lowest BCUT2D eigenvalue weighted by molar-refractivity contribution is 0.373. The Morgan fingerprint density at radius 2 is 2.24 bits per heavy atom. The molecule has 2 N–H and O–H groups in total. The van der Waals surface area contributed by atoms with Gasteiger partial charge in [-0.15, -0.1) is 0 Å². The Kier molecular flexibility index (Phi) is 6.00. The number of aromatic hydroxyl groups is 1. The van der Waals surface area contributed by atoms with E-state index in [4.69, 9.17) is 4.74 Å². The second-order valence-electron chi connectivity index (χ2n) is 3.62. The van der Waals surface area contributed by atoms with Gasteiger partial charge in [0.05, 0.1) is 7.11 Å². The third kappa shape index (κ3) is 4.75. The lowest BCUT2D eigenvalue weighted by Crippen LogP contribution is -2.20. The lowest BCUT2D eigenvalue weighted by atomic mass is 10.2. The lowest BCUT2D eigenvalue weighted by Gasteiger charge is -2.07. The van der Waals surface area contributed by atoms with E-state index < -0.39 is 10.8 Å². The maximum Gasteiger partial charge on any atom is 0.160 e. The van der Waals surface area contributed by atoms with E-state index >= 15 is 0 Å². The maximum atomic E-state index is 11.2. The van der Waals surface area contributed by atoms with E-state index in [2.05, 4.69) is 5.32 Å². The summed E-state index contributed by atoms with van der Waals surface area (Å²) in [5.41, 5.74) is 0.977. The van der Waals surface area contributed by atoms with E-state index in [1.807, 2.05) is 13.0 Å². The predicted octanol–water partition coefficient (Wildman–Crippen LogP) is 1.26. The van der Waals surface area contributed by atoms with Gasteiger partial charge in [-0.25, -0.2) is 0 Å². The topological polar surface area (TPSA) is 58.6 Å². The van der Waals surface area contributed by atoms with Crippen molar-refractivity contribution >= 4 is 10.8 Å². The number of ether oxygens (including phenoxy) is 1. The fourth-order valence-corrected chi connectivity index (χ4v) is 2.07. The quantitative estimate of drug-likeness (QED) is 0.722. The smallest absolute Gasteiger partial charge is 0.160 e. The second kappa shape index (κ2) is 7.29. The molecule has 1 unspecified atom stereocenters.